The van der Waals surface area contributed by atoms with Crippen molar-refractivity contribution in [3.63, 3.8) is 0 Å². The monoisotopic (exact) mass is 224 g/mol. The van der Waals surface area contributed by atoms with Gasteiger partial charge in [0.15, 0.2) is 10.9 Å². The third-order valence-corrected chi connectivity index (χ3v) is 2.03. The van der Waals surface area contributed by atoms with Crippen LogP contribution in [0.1, 0.15) is 11.3 Å². The summed E-state index contributed by atoms with van der Waals surface area (Å²) < 4.78 is 37.0. The van der Waals surface area contributed by atoms with Gasteiger partial charge in [0.05, 0.1) is 6.61 Å². The zero-order chi connectivity index (χ0) is 10.8. The fourth-order valence-electron chi connectivity index (χ4n) is 0.850. The summed E-state index contributed by atoms with van der Waals surface area (Å²) in [6.45, 7) is -0.719. The lowest BCUT2D eigenvalue weighted by Gasteiger charge is -2.10. The van der Waals surface area contributed by atoms with Crippen LogP contribution in [0, 0.1) is 0 Å². The second-order valence-corrected chi connectivity index (χ2v) is 3.16. The van der Waals surface area contributed by atoms with Crippen LogP contribution in [0.4, 0.5) is 13.2 Å². The molecule has 0 amide bonds. The molecule has 0 spiro atoms. The lowest BCUT2D eigenvalue weighted by atomic mass is 10.2. The summed E-state index contributed by atoms with van der Waals surface area (Å²) in [5, 5.41) is 8.70. The van der Waals surface area contributed by atoms with Crippen molar-refractivity contribution in [1.29, 1.82) is 0 Å². The largest absolute Gasteiger partial charge is 0.433 e. The number of hydrogen-bond donors (Lipinski definition) is 1. The third-order valence-electron chi connectivity index (χ3n) is 1.46. The van der Waals surface area contributed by atoms with Crippen LogP contribution in [0.5, 0.6) is 0 Å². The number of rotatable bonds is 2. The molecule has 0 unspecified atom stereocenters. The summed E-state index contributed by atoms with van der Waals surface area (Å²) in [6, 6.07) is 0. The van der Waals surface area contributed by atoms with Crippen LogP contribution in [0.15, 0.2) is 11.4 Å². The van der Waals surface area contributed by atoms with E-state index in [0.29, 0.717) is 0 Å². The van der Waals surface area contributed by atoms with E-state index in [4.69, 9.17) is 5.11 Å². The van der Waals surface area contributed by atoms with Gasteiger partial charge in [-0.3, -0.25) is 0 Å². The summed E-state index contributed by atoms with van der Waals surface area (Å²) in [6.07, 6.45) is -1.98. The van der Waals surface area contributed by atoms with Crippen LogP contribution < -0.4 is 0 Å². The van der Waals surface area contributed by atoms with Gasteiger partial charge in [-0.25, -0.2) is 9.97 Å². The van der Waals surface area contributed by atoms with Crippen molar-refractivity contribution in [2.75, 3.05) is 6.26 Å². The van der Waals surface area contributed by atoms with E-state index in [2.05, 4.69) is 9.97 Å². The van der Waals surface area contributed by atoms with Crippen LogP contribution in [0.2, 0.25) is 0 Å². The second-order valence-electron chi connectivity index (χ2n) is 2.39. The summed E-state index contributed by atoms with van der Waals surface area (Å²) in [5.41, 5.74) is -1.38. The quantitative estimate of drug-likeness (QED) is 0.613. The standard InChI is InChI=1S/C7H7F3N2OS/c1-14-6-11-2-4(3-13)5(12-6)7(8,9)10/h2,13H,3H2,1H3. The van der Waals surface area contributed by atoms with E-state index in [-0.39, 0.29) is 10.7 Å². The van der Waals surface area contributed by atoms with Crippen LogP contribution in [-0.4, -0.2) is 21.3 Å². The normalized spacial score (nSPS) is 11.8. The molecule has 1 rings (SSSR count). The first-order valence-corrected chi connectivity index (χ1v) is 4.79. The Bertz CT molecular complexity index is 329. The molecule has 1 N–H and O–H groups in total. The Kier molecular flexibility index (Phi) is 3.33. The molecule has 0 atom stereocenters. The van der Waals surface area contributed by atoms with Crippen molar-refractivity contribution in [2.24, 2.45) is 0 Å². The molecule has 0 aliphatic heterocycles. The van der Waals surface area contributed by atoms with Gasteiger partial charge < -0.3 is 5.11 Å². The number of aliphatic hydroxyl groups excluding tert-OH is 1. The van der Waals surface area contributed by atoms with E-state index in [1.165, 1.54) is 0 Å². The number of alkyl halides is 3. The maximum atomic E-state index is 12.3. The van der Waals surface area contributed by atoms with E-state index >= 15 is 0 Å². The molecule has 14 heavy (non-hydrogen) atoms. The molecule has 0 aromatic carbocycles. The van der Waals surface area contributed by atoms with Gasteiger partial charge in [-0.15, -0.1) is 0 Å². The Hall–Kier alpha value is -0.820. The minimum Gasteiger partial charge on any atom is -0.392 e. The summed E-state index contributed by atoms with van der Waals surface area (Å²) >= 11 is 1.01. The van der Waals surface area contributed by atoms with Gasteiger partial charge in [-0.2, -0.15) is 13.2 Å². The van der Waals surface area contributed by atoms with E-state index in [0.717, 1.165) is 18.0 Å². The zero-order valence-corrected chi connectivity index (χ0v) is 7.98. The van der Waals surface area contributed by atoms with Gasteiger partial charge in [0.2, 0.25) is 0 Å². The third kappa shape index (κ3) is 2.36. The van der Waals surface area contributed by atoms with E-state index < -0.39 is 18.5 Å². The molecule has 1 heterocycles. The zero-order valence-electron chi connectivity index (χ0n) is 7.17. The van der Waals surface area contributed by atoms with Gasteiger partial charge in [0, 0.05) is 11.8 Å². The topological polar surface area (TPSA) is 46.0 Å². The Morgan fingerprint density at radius 3 is 2.57 bits per heavy atom. The Labute approximate surface area is 82.4 Å². The van der Waals surface area contributed by atoms with Crippen LogP contribution in [0.25, 0.3) is 0 Å². The molecule has 0 bridgehead atoms. The molecule has 3 nitrogen and oxygen atoms in total. The van der Waals surface area contributed by atoms with Crippen molar-refractivity contribution in [1.82, 2.24) is 9.97 Å². The molecule has 0 saturated heterocycles. The Morgan fingerprint density at radius 1 is 1.50 bits per heavy atom. The number of aromatic nitrogens is 2. The molecule has 0 radical (unpaired) electrons. The molecular weight excluding hydrogens is 217 g/mol. The Morgan fingerprint density at radius 2 is 2.14 bits per heavy atom. The SMILES string of the molecule is CSc1ncc(CO)c(C(F)(F)F)n1. The predicted molar refractivity (Wildman–Crippen MR) is 44.7 cm³/mol. The van der Waals surface area contributed by atoms with Gasteiger partial charge >= 0.3 is 6.18 Å². The first-order valence-electron chi connectivity index (χ1n) is 3.57. The molecule has 0 saturated carbocycles. The molecule has 0 fully saturated rings. The second kappa shape index (κ2) is 4.14. The highest BCUT2D eigenvalue weighted by atomic mass is 32.2. The van der Waals surface area contributed by atoms with Crippen molar-refractivity contribution in [3.8, 4) is 0 Å². The minimum absolute atomic E-state index is 0.0366. The van der Waals surface area contributed by atoms with Crippen molar-refractivity contribution in [3.05, 3.63) is 17.5 Å². The lowest BCUT2D eigenvalue weighted by molar-refractivity contribution is -0.142. The van der Waals surface area contributed by atoms with Crippen LogP contribution in [0.3, 0.4) is 0 Å². The van der Waals surface area contributed by atoms with E-state index in [9.17, 15) is 13.2 Å². The smallest absolute Gasteiger partial charge is 0.392 e. The molecule has 1 aromatic rings. The minimum atomic E-state index is -4.55. The van der Waals surface area contributed by atoms with Crippen molar-refractivity contribution >= 4 is 11.8 Å². The first-order chi connectivity index (χ1) is 6.49. The Balaban J connectivity index is 3.22. The number of halogens is 3. The lowest BCUT2D eigenvalue weighted by Crippen LogP contribution is -2.13. The number of aliphatic hydroxyl groups is 1. The highest BCUT2D eigenvalue weighted by molar-refractivity contribution is 7.98. The van der Waals surface area contributed by atoms with Gasteiger partial charge in [0.1, 0.15) is 0 Å². The van der Waals surface area contributed by atoms with Crippen molar-refractivity contribution < 1.29 is 18.3 Å². The first kappa shape index (κ1) is 11.3. The molecule has 7 heteroatoms. The van der Waals surface area contributed by atoms with E-state index in [1.54, 1.807) is 6.26 Å². The number of nitrogens with zero attached hydrogens (tertiary/aromatic N) is 2. The molecule has 0 aliphatic rings. The predicted octanol–water partition coefficient (Wildman–Crippen LogP) is 1.71. The highest BCUT2D eigenvalue weighted by Crippen LogP contribution is 2.30. The fraction of sp³-hybridized carbons (Fsp3) is 0.429. The summed E-state index contributed by atoms with van der Waals surface area (Å²) in [7, 11) is 0. The summed E-state index contributed by atoms with van der Waals surface area (Å²) in [4.78, 5) is 6.93. The van der Waals surface area contributed by atoms with Crippen molar-refractivity contribution in [2.45, 2.75) is 17.9 Å². The molecule has 1 aromatic heterocycles. The van der Waals surface area contributed by atoms with E-state index in [1.807, 2.05) is 0 Å². The van der Waals surface area contributed by atoms with Gasteiger partial charge in [-0.1, -0.05) is 11.8 Å². The fourth-order valence-corrected chi connectivity index (χ4v) is 1.19. The average Bonchev–Trinajstić information content (AvgIpc) is 2.15. The number of thioether (sulfide) groups is 1. The highest BCUT2D eigenvalue weighted by Gasteiger charge is 2.35. The molecular formula is C7H7F3N2OS. The maximum Gasteiger partial charge on any atom is 0.433 e. The summed E-state index contributed by atoms with van der Waals surface area (Å²) in [5.74, 6) is 0. The van der Waals surface area contributed by atoms with Crippen LogP contribution in [-0.2, 0) is 12.8 Å². The van der Waals surface area contributed by atoms with Gasteiger partial charge in [-0.05, 0) is 6.26 Å². The molecule has 78 valence electrons. The average molecular weight is 224 g/mol. The number of hydrogen-bond acceptors (Lipinski definition) is 4. The molecule has 0 aliphatic carbocycles. The van der Waals surface area contributed by atoms with Gasteiger partial charge in [0.25, 0.3) is 0 Å². The maximum absolute atomic E-state index is 12.3. The van der Waals surface area contributed by atoms with Crippen LogP contribution >= 0.6 is 11.8 Å².